The molecule has 0 saturated heterocycles. The Balaban J connectivity index is 1.98. The molecule has 146 valence electrons. The van der Waals surface area contributed by atoms with Gasteiger partial charge in [-0.15, -0.1) is 21.5 Å². The molecule has 0 spiro atoms. The number of aryl methyl sites for hydroxylation is 2. The molecule has 0 N–H and O–H groups in total. The van der Waals surface area contributed by atoms with Crippen molar-refractivity contribution in [2.45, 2.75) is 26.8 Å². The summed E-state index contributed by atoms with van der Waals surface area (Å²) >= 11 is 6.40. The van der Waals surface area contributed by atoms with E-state index in [1.165, 1.54) is 16.7 Å². The summed E-state index contributed by atoms with van der Waals surface area (Å²) in [5, 5.41) is 10.3. The Morgan fingerprint density at radius 3 is 2.61 bits per heavy atom. The van der Waals surface area contributed by atoms with E-state index in [1.54, 1.807) is 11.3 Å². The maximum atomic E-state index is 11.5. The molecule has 0 bridgehead atoms. The molecule has 0 saturated carbocycles. The lowest BCUT2D eigenvalue weighted by atomic mass is 10.00. The lowest BCUT2D eigenvalue weighted by Crippen LogP contribution is -2.13. The number of rotatable bonds is 4. The van der Waals surface area contributed by atoms with Gasteiger partial charge in [0.15, 0.2) is 16.9 Å². The van der Waals surface area contributed by atoms with Gasteiger partial charge in [-0.2, -0.15) is 0 Å². The third-order valence-electron chi connectivity index (χ3n) is 4.75. The summed E-state index contributed by atoms with van der Waals surface area (Å²) in [6, 6.07) is 7.22. The lowest BCUT2D eigenvalue weighted by Gasteiger charge is -2.12. The first-order valence-corrected chi connectivity index (χ1v) is 11.4. The average molecular weight is 435 g/mol. The van der Waals surface area contributed by atoms with Gasteiger partial charge in [-0.1, -0.05) is 23.7 Å². The fraction of sp³-hybridized carbons (Fsp3) is 0.316. The summed E-state index contributed by atoms with van der Waals surface area (Å²) in [5.41, 5.74) is 4.06. The quantitative estimate of drug-likeness (QED) is 0.619. The minimum atomic E-state index is -1.39. The average Bonchev–Trinajstić information content (AvgIpc) is 3.12. The molecule has 1 aliphatic rings. The minimum absolute atomic E-state index is 0.158. The van der Waals surface area contributed by atoms with Crippen molar-refractivity contribution in [3.8, 4) is 5.00 Å². The van der Waals surface area contributed by atoms with Gasteiger partial charge >= 0.3 is 0 Å². The second-order valence-corrected chi connectivity index (χ2v) is 9.27. The van der Waals surface area contributed by atoms with E-state index in [0.717, 1.165) is 27.7 Å². The molecule has 1 aliphatic heterocycles. The number of halogens is 1. The molecule has 2 aromatic heterocycles. The highest BCUT2D eigenvalue weighted by molar-refractivity contribution is 7.79. The van der Waals surface area contributed by atoms with Gasteiger partial charge in [-0.05, 0) is 38.5 Å². The van der Waals surface area contributed by atoms with Crippen LogP contribution in [-0.4, -0.2) is 37.5 Å². The second kappa shape index (κ2) is 7.51. The van der Waals surface area contributed by atoms with Gasteiger partial charge in [0, 0.05) is 27.3 Å². The number of fused-ring (bicyclic) bond motifs is 3. The first-order chi connectivity index (χ1) is 13.4. The van der Waals surface area contributed by atoms with Crippen molar-refractivity contribution in [3.63, 3.8) is 0 Å². The maximum absolute atomic E-state index is 11.5. The van der Waals surface area contributed by atoms with Crippen molar-refractivity contribution in [3.05, 3.63) is 62.5 Å². The van der Waals surface area contributed by atoms with Crippen molar-refractivity contribution in [2.75, 3.05) is 12.9 Å². The Hall–Kier alpha value is -1.87. The fourth-order valence-electron chi connectivity index (χ4n) is 3.27. The van der Waals surface area contributed by atoms with Crippen LogP contribution in [0.2, 0.25) is 5.02 Å². The first-order valence-electron chi connectivity index (χ1n) is 8.70. The van der Waals surface area contributed by atoms with Gasteiger partial charge in [0.2, 0.25) is 0 Å². The molecule has 3 aromatic rings. The Morgan fingerprint density at radius 2 is 1.93 bits per heavy atom. The molecule has 4 rings (SSSR count). The van der Waals surface area contributed by atoms with Crippen LogP contribution in [0.5, 0.6) is 0 Å². The van der Waals surface area contributed by atoms with Crippen LogP contribution in [-0.2, 0) is 15.3 Å². The highest BCUT2D eigenvalue weighted by Gasteiger charge is 2.31. The molecule has 6 nitrogen and oxygen atoms in total. The molecule has 0 aliphatic carbocycles. The van der Waals surface area contributed by atoms with Crippen LogP contribution >= 0.6 is 22.9 Å². The molecular weight excluding hydrogens is 416 g/mol. The summed E-state index contributed by atoms with van der Waals surface area (Å²) in [4.78, 5) is 6.23. The Morgan fingerprint density at radius 1 is 1.21 bits per heavy atom. The van der Waals surface area contributed by atoms with E-state index in [2.05, 4.69) is 24.0 Å². The van der Waals surface area contributed by atoms with Gasteiger partial charge in [0.05, 0.1) is 12.3 Å². The molecule has 2 unspecified atom stereocenters. The van der Waals surface area contributed by atoms with E-state index < -0.39 is 17.1 Å². The van der Waals surface area contributed by atoms with Crippen molar-refractivity contribution in [1.29, 1.82) is 0 Å². The standard InChI is InChI=1S/C19H19ClN4O2S2/c1-10-11(2)27-19-16(10)17(13-5-7-14(20)8-6-13)21-15(9-26-28(4)25)18-23-22-12(3)24(18)19/h5-8,15H,9H2,1-4H3. The van der Waals surface area contributed by atoms with E-state index in [-0.39, 0.29) is 6.61 Å². The monoisotopic (exact) mass is 434 g/mol. The predicted molar refractivity (Wildman–Crippen MR) is 113 cm³/mol. The largest absolute Gasteiger partial charge is 0.288 e. The molecule has 2 atom stereocenters. The van der Waals surface area contributed by atoms with E-state index in [1.807, 2.05) is 35.8 Å². The summed E-state index contributed by atoms with van der Waals surface area (Å²) in [7, 11) is 0. The SMILES string of the molecule is Cc1sc2c(c1C)C(c1ccc(Cl)cc1)=NC(COS(C)=O)c1nnc(C)n1-2. The smallest absolute Gasteiger partial charge is 0.165 e. The van der Waals surface area contributed by atoms with Crippen LogP contribution in [0, 0.1) is 20.8 Å². The van der Waals surface area contributed by atoms with Gasteiger partial charge in [-0.3, -0.25) is 13.7 Å². The van der Waals surface area contributed by atoms with Crippen molar-refractivity contribution >= 4 is 39.7 Å². The molecule has 0 amide bonds. The number of benzene rings is 1. The van der Waals surface area contributed by atoms with Gasteiger partial charge < -0.3 is 0 Å². The summed E-state index contributed by atoms with van der Waals surface area (Å²) < 4.78 is 19.0. The minimum Gasteiger partial charge on any atom is -0.288 e. The van der Waals surface area contributed by atoms with E-state index in [9.17, 15) is 4.21 Å². The summed E-state index contributed by atoms with van der Waals surface area (Å²) in [6.45, 7) is 6.29. The normalized spacial score (nSPS) is 16.9. The van der Waals surface area contributed by atoms with Crippen LogP contribution in [0.15, 0.2) is 29.3 Å². The van der Waals surface area contributed by atoms with Gasteiger partial charge in [-0.25, -0.2) is 4.21 Å². The highest BCUT2D eigenvalue weighted by Crippen LogP contribution is 2.38. The van der Waals surface area contributed by atoms with Crippen LogP contribution < -0.4 is 0 Å². The Bertz CT molecular complexity index is 1100. The molecule has 28 heavy (non-hydrogen) atoms. The zero-order valence-electron chi connectivity index (χ0n) is 15.9. The Kier molecular flexibility index (Phi) is 5.22. The van der Waals surface area contributed by atoms with Crippen molar-refractivity contribution < 1.29 is 8.39 Å². The Labute approximate surface area is 174 Å². The van der Waals surface area contributed by atoms with Crippen molar-refractivity contribution in [2.24, 2.45) is 4.99 Å². The van der Waals surface area contributed by atoms with Crippen LogP contribution in [0.3, 0.4) is 0 Å². The fourth-order valence-corrected chi connectivity index (χ4v) is 4.93. The zero-order chi connectivity index (χ0) is 20.0. The number of thiophene rings is 1. The molecule has 3 heterocycles. The van der Waals surface area contributed by atoms with Crippen LogP contribution in [0.1, 0.15) is 39.3 Å². The predicted octanol–water partition coefficient (Wildman–Crippen LogP) is 4.11. The van der Waals surface area contributed by atoms with E-state index in [0.29, 0.717) is 10.8 Å². The second-order valence-electron chi connectivity index (χ2n) is 6.59. The molecule has 0 fully saturated rings. The van der Waals surface area contributed by atoms with E-state index in [4.69, 9.17) is 20.8 Å². The van der Waals surface area contributed by atoms with Gasteiger partial charge in [0.25, 0.3) is 0 Å². The van der Waals surface area contributed by atoms with Crippen LogP contribution in [0.4, 0.5) is 0 Å². The third-order valence-corrected chi connectivity index (χ3v) is 6.66. The molecule has 0 radical (unpaired) electrons. The lowest BCUT2D eigenvalue weighted by molar-refractivity contribution is 0.315. The van der Waals surface area contributed by atoms with Crippen LogP contribution in [0.25, 0.3) is 5.00 Å². The number of aliphatic imine (C=N–C) groups is 1. The van der Waals surface area contributed by atoms with E-state index >= 15 is 0 Å². The zero-order valence-corrected chi connectivity index (χ0v) is 18.3. The molecule has 1 aromatic carbocycles. The maximum Gasteiger partial charge on any atom is 0.165 e. The summed E-state index contributed by atoms with van der Waals surface area (Å²) in [5.74, 6) is 1.47. The number of nitrogens with zero attached hydrogens (tertiary/aromatic N) is 4. The van der Waals surface area contributed by atoms with Crippen molar-refractivity contribution in [1.82, 2.24) is 14.8 Å². The molecule has 9 heteroatoms. The first kappa shape index (κ1) is 19.4. The highest BCUT2D eigenvalue weighted by atomic mass is 35.5. The number of aromatic nitrogens is 3. The van der Waals surface area contributed by atoms with Gasteiger partial charge in [0.1, 0.15) is 16.9 Å². The third kappa shape index (κ3) is 3.34. The number of hydrogen-bond donors (Lipinski definition) is 0. The topological polar surface area (TPSA) is 69.4 Å². The summed E-state index contributed by atoms with van der Waals surface area (Å²) in [6.07, 6.45) is 1.50. The number of hydrogen-bond acceptors (Lipinski definition) is 6. The molecular formula is C19H19ClN4O2S2.